The van der Waals surface area contributed by atoms with Gasteiger partial charge in [0, 0.05) is 6.54 Å². The molecule has 116 valence electrons. The van der Waals surface area contributed by atoms with E-state index in [1.807, 2.05) is 13.2 Å². The van der Waals surface area contributed by atoms with Crippen LogP contribution in [0.4, 0.5) is 4.79 Å². The van der Waals surface area contributed by atoms with Crippen molar-refractivity contribution in [3.8, 4) is 0 Å². The summed E-state index contributed by atoms with van der Waals surface area (Å²) in [4.78, 5) is 34.2. The van der Waals surface area contributed by atoms with Gasteiger partial charge in [0.25, 0.3) is 0 Å². The number of thioether (sulfide) groups is 1. The third-order valence-electron chi connectivity index (χ3n) is 2.50. The van der Waals surface area contributed by atoms with E-state index in [4.69, 9.17) is 5.11 Å². The first-order valence-corrected chi connectivity index (χ1v) is 7.88. The van der Waals surface area contributed by atoms with Gasteiger partial charge in [0.2, 0.25) is 5.91 Å². The first-order valence-electron chi connectivity index (χ1n) is 6.48. The molecule has 0 spiro atoms. The van der Waals surface area contributed by atoms with Gasteiger partial charge in [-0.05, 0) is 31.8 Å². The van der Waals surface area contributed by atoms with Crippen LogP contribution in [0, 0.1) is 0 Å². The largest absolute Gasteiger partial charge is 0.480 e. The zero-order valence-electron chi connectivity index (χ0n) is 12.1. The Hall–Kier alpha value is -1.44. The molecule has 3 amide bonds. The second kappa shape index (κ2) is 10.4. The second-order valence-electron chi connectivity index (χ2n) is 4.30. The predicted octanol–water partition coefficient (Wildman–Crippen LogP) is 0.407. The SMILES string of the molecule is CCCNC(=O)C(C)NC(=O)NC(CCSC)C(=O)O. The molecule has 0 heterocycles. The molecule has 0 bridgehead atoms. The standard InChI is InChI=1S/C12H23N3O4S/c1-4-6-13-10(16)8(2)14-12(19)15-9(11(17)18)5-7-20-3/h8-9H,4-7H2,1-3H3,(H,13,16)(H,17,18)(H2,14,15,19). The first-order chi connectivity index (χ1) is 9.42. The molecule has 2 unspecified atom stereocenters. The highest BCUT2D eigenvalue weighted by Gasteiger charge is 2.21. The van der Waals surface area contributed by atoms with Crippen molar-refractivity contribution in [2.45, 2.75) is 38.8 Å². The van der Waals surface area contributed by atoms with E-state index in [1.165, 1.54) is 11.8 Å². The molecular weight excluding hydrogens is 282 g/mol. The molecular formula is C12H23N3O4S. The number of hydrogen-bond donors (Lipinski definition) is 4. The van der Waals surface area contributed by atoms with Crippen LogP contribution < -0.4 is 16.0 Å². The minimum atomic E-state index is -1.09. The topological polar surface area (TPSA) is 108 Å². The maximum Gasteiger partial charge on any atom is 0.326 e. The molecule has 2 atom stereocenters. The number of carboxylic acids is 1. The Labute approximate surface area is 123 Å². The lowest BCUT2D eigenvalue weighted by atomic mass is 10.2. The van der Waals surface area contributed by atoms with Crippen LogP contribution in [0.25, 0.3) is 0 Å². The number of carboxylic acid groups (broad SMARTS) is 1. The molecule has 0 radical (unpaired) electrons. The van der Waals surface area contributed by atoms with Gasteiger partial charge in [0.1, 0.15) is 12.1 Å². The Morgan fingerprint density at radius 2 is 1.90 bits per heavy atom. The van der Waals surface area contributed by atoms with Gasteiger partial charge < -0.3 is 21.1 Å². The molecule has 0 saturated carbocycles. The van der Waals surface area contributed by atoms with E-state index in [1.54, 1.807) is 6.92 Å². The number of rotatable bonds is 9. The van der Waals surface area contributed by atoms with Crippen molar-refractivity contribution in [1.29, 1.82) is 0 Å². The summed E-state index contributed by atoms with van der Waals surface area (Å²) in [7, 11) is 0. The zero-order chi connectivity index (χ0) is 15.5. The summed E-state index contributed by atoms with van der Waals surface area (Å²) in [6.07, 6.45) is 3.00. The second-order valence-corrected chi connectivity index (χ2v) is 5.29. The Bertz CT molecular complexity index is 339. The fraction of sp³-hybridized carbons (Fsp3) is 0.750. The average Bonchev–Trinajstić information content (AvgIpc) is 2.40. The van der Waals surface area contributed by atoms with Crippen LogP contribution in [0.1, 0.15) is 26.7 Å². The molecule has 0 aromatic rings. The number of carbonyl (C=O) groups is 3. The third-order valence-corrected chi connectivity index (χ3v) is 3.15. The molecule has 4 N–H and O–H groups in total. The van der Waals surface area contributed by atoms with Gasteiger partial charge in [-0.2, -0.15) is 11.8 Å². The summed E-state index contributed by atoms with van der Waals surface area (Å²) in [5, 5.41) is 16.4. The lowest BCUT2D eigenvalue weighted by Crippen LogP contribution is -2.52. The smallest absolute Gasteiger partial charge is 0.326 e. The number of urea groups is 1. The molecule has 0 rings (SSSR count). The molecule has 0 fully saturated rings. The lowest BCUT2D eigenvalue weighted by molar-refractivity contribution is -0.139. The van der Waals surface area contributed by atoms with Crippen molar-refractivity contribution >= 4 is 29.7 Å². The van der Waals surface area contributed by atoms with Crippen molar-refractivity contribution in [1.82, 2.24) is 16.0 Å². The van der Waals surface area contributed by atoms with E-state index < -0.39 is 24.1 Å². The van der Waals surface area contributed by atoms with Crippen LogP contribution >= 0.6 is 11.8 Å². The van der Waals surface area contributed by atoms with Crippen LogP contribution in [-0.2, 0) is 9.59 Å². The predicted molar refractivity (Wildman–Crippen MR) is 78.9 cm³/mol. The van der Waals surface area contributed by atoms with Gasteiger partial charge in [0.05, 0.1) is 0 Å². The minimum absolute atomic E-state index is 0.294. The van der Waals surface area contributed by atoms with Gasteiger partial charge in [-0.15, -0.1) is 0 Å². The van der Waals surface area contributed by atoms with E-state index in [2.05, 4.69) is 16.0 Å². The van der Waals surface area contributed by atoms with Crippen molar-refractivity contribution < 1.29 is 19.5 Å². The summed E-state index contributed by atoms with van der Waals surface area (Å²) in [5.41, 5.74) is 0. The maximum absolute atomic E-state index is 11.6. The molecule has 0 aliphatic carbocycles. The molecule has 0 aromatic heterocycles. The van der Waals surface area contributed by atoms with Gasteiger partial charge in [-0.3, -0.25) is 4.79 Å². The molecule has 7 nitrogen and oxygen atoms in total. The van der Waals surface area contributed by atoms with E-state index >= 15 is 0 Å². The van der Waals surface area contributed by atoms with Crippen LogP contribution in [0.2, 0.25) is 0 Å². The zero-order valence-corrected chi connectivity index (χ0v) is 12.9. The Kier molecular flexibility index (Phi) is 9.61. The number of amides is 3. The Balaban J connectivity index is 4.23. The van der Waals surface area contributed by atoms with Crippen molar-refractivity contribution in [2.24, 2.45) is 0 Å². The lowest BCUT2D eigenvalue weighted by Gasteiger charge is -2.18. The molecule has 0 saturated heterocycles. The number of carbonyl (C=O) groups excluding carboxylic acids is 2. The summed E-state index contributed by atoms with van der Waals surface area (Å²) >= 11 is 1.50. The van der Waals surface area contributed by atoms with Crippen molar-refractivity contribution in [3.63, 3.8) is 0 Å². The summed E-state index contributed by atoms with van der Waals surface area (Å²) in [6, 6.07) is -2.32. The third kappa shape index (κ3) is 7.88. The normalized spacial score (nSPS) is 13.2. The first kappa shape index (κ1) is 18.6. The number of aliphatic carboxylic acids is 1. The average molecular weight is 305 g/mol. The van der Waals surface area contributed by atoms with Crippen LogP contribution in [0.3, 0.4) is 0 Å². The molecule has 8 heteroatoms. The van der Waals surface area contributed by atoms with Crippen molar-refractivity contribution in [2.75, 3.05) is 18.6 Å². The summed E-state index contributed by atoms with van der Waals surface area (Å²) in [5.74, 6) is -0.751. The van der Waals surface area contributed by atoms with Crippen LogP contribution in [0.15, 0.2) is 0 Å². The fourth-order valence-corrected chi connectivity index (χ4v) is 1.83. The number of hydrogen-bond acceptors (Lipinski definition) is 4. The Morgan fingerprint density at radius 3 is 2.40 bits per heavy atom. The molecule has 0 aliphatic rings. The number of nitrogens with one attached hydrogen (secondary N) is 3. The Morgan fingerprint density at radius 1 is 1.25 bits per heavy atom. The molecule has 0 aromatic carbocycles. The fourth-order valence-electron chi connectivity index (χ4n) is 1.36. The van der Waals surface area contributed by atoms with Crippen LogP contribution in [0.5, 0.6) is 0 Å². The highest BCUT2D eigenvalue weighted by molar-refractivity contribution is 7.98. The van der Waals surface area contributed by atoms with E-state index in [0.717, 1.165) is 6.42 Å². The highest BCUT2D eigenvalue weighted by atomic mass is 32.2. The van der Waals surface area contributed by atoms with Gasteiger partial charge in [0.15, 0.2) is 0 Å². The summed E-state index contributed by atoms with van der Waals surface area (Å²) < 4.78 is 0. The minimum Gasteiger partial charge on any atom is -0.480 e. The van der Waals surface area contributed by atoms with Gasteiger partial charge in [-0.1, -0.05) is 6.92 Å². The van der Waals surface area contributed by atoms with E-state index in [9.17, 15) is 14.4 Å². The quantitative estimate of drug-likeness (QED) is 0.493. The van der Waals surface area contributed by atoms with E-state index in [0.29, 0.717) is 18.7 Å². The van der Waals surface area contributed by atoms with Gasteiger partial charge in [-0.25, -0.2) is 9.59 Å². The highest BCUT2D eigenvalue weighted by Crippen LogP contribution is 2.01. The maximum atomic E-state index is 11.6. The van der Waals surface area contributed by atoms with Crippen molar-refractivity contribution in [3.05, 3.63) is 0 Å². The molecule has 0 aliphatic heterocycles. The van der Waals surface area contributed by atoms with Crippen LogP contribution in [-0.4, -0.2) is 53.7 Å². The molecule has 20 heavy (non-hydrogen) atoms. The van der Waals surface area contributed by atoms with Gasteiger partial charge >= 0.3 is 12.0 Å². The monoisotopic (exact) mass is 305 g/mol. The summed E-state index contributed by atoms with van der Waals surface area (Å²) in [6.45, 7) is 4.01. The van der Waals surface area contributed by atoms with E-state index in [-0.39, 0.29) is 5.91 Å².